The van der Waals surface area contributed by atoms with E-state index in [1.165, 1.54) is 0 Å². The smallest absolute Gasteiger partial charge is 0.336 e. The number of nitrogens with one attached hydrogen (secondary N) is 1. The lowest BCUT2D eigenvalue weighted by molar-refractivity contribution is -0.136. The maximum absolute atomic E-state index is 11.3. The molecule has 2 heterocycles. The highest BCUT2D eigenvalue weighted by atomic mass is 16.5. The summed E-state index contributed by atoms with van der Waals surface area (Å²) in [6.45, 7) is 6.95. The van der Waals surface area contributed by atoms with Gasteiger partial charge in [0, 0.05) is 6.54 Å². The van der Waals surface area contributed by atoms with E-state index in [0.717, 1.165) is 44.5 Å². The third kappa shape index (κ3) is 3.15. The molecule has 1 N–H and O–H groups in total. The van der Waals surface area contributed by atoms with Crippen LogP contribution in [0.4, 0.5) is 0 Å². The van der Waals surface area contributed by atoms with Crippen molar-refractivity contribution in [2.75, 3.05) is 26.2 Å². The standard InChI is InChI=1S/C14H22N2O3/c1-11-12(9-19-13(11)18)16(10-17)8-5-14(2)3-6-15-7-4-14/h10,15H,3-9H2,1-2H3. The zero-order valence-electron chi connectivity index (χ0n) is 11.7. The van der Waals surface area contributed by atoms with Gasteiger partial charge >= 0.3 is 5.97 Å². The van der Waals surface area contributed by atoms with Gasteiger partial charge in [0.25, 0.3) is 0 Å². The first-order chi connectivity index (χ1) is 9.06. The van der Waals surface area contributed by atoms with Gasteiger partial charge in [-0.25, -0.2) is 4.79 Å². The molecule has 5 heteroatoms. The molecular formula is C14H22N2O3. The predicted octanol–water partition coefficient (Wildman–Crippen LogP) is 1.06. The molecule has 0 radical (unpaired) electrons. The van der Waals surface area contributed by atoms with Crippen LogP contribution in [0.15, 0.2) is 11.3 Å². The van der Waals surface area contributed by atoms with Crippen LogP contribution in [0.25, 0.3) is 0 Å². The largest absolute Gasteiger partial charge is 0.456 e. The molecule has 0 aromatic carbocycles. The van der Waals surface area contributed by atoms with E-state index in [2.05, 4.69) is 12.2 Å². The summed E-state index contributed by atoms with van der Waals surface area (Å²) in [6.07, 6.45) is 4.03. The minimum absolute atomic E-state index is 0.224. The Balaban J connectivity index is 1.96. The Bertz CT molecular complexity index is 397. The number of piperidine rings is 1. The maximum Gasteiger partial charge on any atom is 0.336 e. The molecule has 1 saturated heterocycles. The number of esters is 1. The third-order valence-electron chi connectivity index (χ3n) is 4.32. The van der Waals surface area contributed by atoms with Crippen molar-refractivity contribution in [1.82, 2.24) is 10.2 Å². The Labute approximate surface area is 114 Å². The van der Waals surface area contributed by atoms with Gasteiger partial charge in [-0.15, -0.1) is 0 Å². The van der Waals surface area contributed by atoms with Crippen LogP contribution < -0.4 is 5.32 Å². The summed E-state index contributed by atoms with van der Waals surface area (Å²) in [5.41, 5.74) is 1.56. The Hall–Kier alpha value is -1.36. The number of cyclic esters (lactones) is 1. The van der Waals surface area contributed by atoms with E-state index in [1.54, 1.807) is 11.8 Å². The van der Waals surface area contributed by atoms with Gasteiger partial charge in [0.15, 0.2) is 0 Å². The molecule has 5 nitrogen and oxygen atoms in total. The molecule has 2 aliphatic heterocycles. The highest BCUT2D eigenvalue weighted by Gasteiger charge is 2.29. The molecule has 106 valence electrons. The molecule has 0 aromatic rings. The molecule has 0 atom stereocenters. The minimum atomic E-state index is -0.310. The molecule has 0 spiro atoms. The van der Waals surface area contributed by atoms with Gasteiger partial charge in [-0.05, 0) is 44.7 Å². The Kier molecular flexibility index (Phi) is 4.24. The van der Waals surface area contributed by atoms with Crippen LogP contribution >= 0.6 is 0 Å². The summed E-state index contributed by atoms with van der Waals surface area (Å²) in [6, 6.07) is 0. The fourth-order valence-corrected chi connectivity index (χ4v) is 2.69. The summed E-state index contributed by atoms with van der Waals surface area (Å²) in [4.78, 5) is 24.2. The van der Waals surface area contributed by atoms with Crippen molar-refractivity contribution in [3.8, 4) is 0 Å². The molecule has 0 saturated carbocycles. The number of rotatable bonds is 5. The summed E-state index contributed by atoms with van der Waals surface area (Å²) in [7, 11) is 0. The van der Waals surface area contributed by atoms with Crippen LogP contribution in [0.5, 0.6) is 0 Å². The van der Waals surface area contributed by atoms with Gasteiger partial charge in [-0.3, -0.25) is 4.79 Å². The van der Waals surface area contributed by atoms with E-state index >= 15 is 0 Å². The number of nitrogens with zero attached hydrogens (tertiary/aromatic N) is 1. The minimum Gasteiger partial charge on any atom is -0.456 e. The molecule has 19 heavy (non-hydrogen) atoms. The molecule has 0 aromatic heterocycles. The number of carbonyl (C=O) groups is 2. The number of ether oxygens (including phenoxy) is 1. The second kappa shape index (κ2) is 5.74. The number of hydrogen-bond donors (Lipinski definition) is 1. The van der Waals surface area contributed by atoms with Gasteiger partial charge in [0.05, 0.1) is 11.3 Å². The van der Waals surface area contributed by atoms with Gasteiger partial charge in [0.1, 0.15) is 6.61 Å². The summed E-state index contributed by atoms with van der Waals surface area (Å²) >= 11 is 0. The van der Waals surface area contributed by atoms with Crippen molar-refractivity contribution in [3.63, 3.8) is 0 Å². The van der Waals surface area contributed by atoms with Crippen molar-refractivity contribution < 1.29 is 14.3 Å². The lowest BCUT2D eigenvalue weighted by atomic mass is 9.78. The zero-order valence-corrected chi connectivity index (χ0v) is 11.7. The fraction of sp³-hybridized carbons (Fsp3) is 0.714. The van der Waals surface area contributed by atoms with E-state index in [0.29, 0.717) is 12.1 Å². The number of amides is 1. The van der Waals surface area contributed by atoms with Crippen molar-refractivity contribution in [2.45, 2.75) is 33.1 Å². The Morgan fingerprint density at radius 2 is 2.11 bits per heavy atom. The molecule has 0 unspecified atom stereocenters. The first kappa shape index (κ1) is 14.1. The van der Waals surface area contributed by atoms with E-state index in [4.69, 9.17) is 4.74 Å². The first-order valence-electron chi connectivity index (χ1n) is 6.85. The van der Waals surface area contributed by atoms with Crippen molar-refractivity contribution in [1.29, 1.82) is 0 Å². The summed E-state index contributed by atoms with van der Waals surface area (Å²) < 4.78 is 4.95. The van der Waals surface area contributed by atoms with Gasteiger partial charge in [-0.2, -0.15) is 0 Å². The van der Waals surface area contributed by atoms with E-state index < -0.39 is 0 Å². The number of carbonyl (C=O) groups excluding carboxylic acids is 2. The lowest BCUT2D eigenvalue weighted by Crippen LogP contribution is -2.37. The molecular weight excluding hydrogens is 244 g/mol. The van der Waals surface area contributed by atoms with Crippen LogP contribution in [0, 0.1) is 5.41 Å². The maximum atomic E-state index is 11.3. The van der Waals surface area contributed by atoms with Crippen molar-refractivity contribution in [2.24, 2.45) is 5.41 Å². The fourth-order valence-electron chi connectivity index (χ4n) is 2.69. The predicted molar refractivity (Wildman–Crippen MR) is 71.3 cm³/mol. The van der Waals surface area contributed by atoms with E-state index in [9.17, 15) is 9.59 Å². The SMILES string of the molecule is CC1=C(N(C=O)CCC2(C)CCNCC2)COC1=O. The van der Waals surface area contributed by atoms with Crippen LogP contribution in [0.3, 0.4) is 0 Å². The molecule has 0 bridgehead atoms. The second-order valence-electron chi connectivity index (χ2n) is 5.76. The first-order valence-corrected chi connectivity index (χ1v) is 6.85. The van der Waals surface area contributed by atoms with Gasteiger partial charge < -0.3 is 15.0 Å². The van der Waals surface area contributed by atoms with Gasteiger partial charge in [0.2, 0.25) is 6.41 Å². The van der Waals surface area contributed by atoms with Crippen molar-refractivity contribution in [3.05, 3.63) is 11.3 Å². The highest BCUT2D eigenvalue weighted by Crippen LogP contribution is 2.32. The summed E-state index contributed by atoms with van der Waals surface area (Å²) in [5, 5.41) is 3.35. The molecule has 1 fully saturated rings. The Morgan fingerprint density at radius 1 is 1.42 bits per heavy atom. The lowest BCUT2D eigenvalue weighted by Gasteiger charge is -2.35. The molecule has 0 aliphatic carbocycles. The van der Waals surface area contributed by atoms with Crippen LogP contribution in [-0.4, -0.2) is 43.5 Å². The van der Waals surface area contributed by atoms with E-state index in [-0.39, 0.29) is 18.0 Å². The van der Waals surface area contributed by atoms with Crippen LogP contribution in [-0.2, 0) is 14.3 Å². The topological polar surface area (TPSA) is 58.6 Å². The average molecular weight is 266 g/mol. The van der Waals surface area contributed by atoms with Crippen LogP contribution in [0.2, 0.25) is 0 Å². The Morgan fingerprint density at radius 3 is 2.63 bits per heavy atom. The third-order valence-corrected chi connectivity index (χ3v) is 4.32. The van der Waals surface area contributed by atoms with E-state index in [1.807, 2.05) is 0 Å². The number of hydrogen-bond acceptors (Lipinski definition) is 4. The zero-order chi connectivity index (χ0) is 13.9. The molecule has 1 amide bonds. The average Bonchev–Trinajstić information content (AvgIpc) is 2.73. The monoisotopic (exact) mass is 266 g/mol. The quantitative estimate of drug-likeness (QED) is 0.597. The van der Waals surface area contributed by atoms with Gasteiger partial charge in [-0.1, -0.05) is 6.92 Å². The summed E-state index contributed by atoms with van der Waals surface area (Å²) in [5.74, 6) is -0.310. The van der Waals surface area contributed by atoms with Crippen molar-refractivity contribution >= 4 is 12.4 Å². The molecule has 2 aliphatic rings. The van der Waals surface area contributed by atoms with Crippen LogP contribution in [0.1, 0.15) is 33.1 Å². The normalized spacial score (nSPS) is 22.3. The second-order valence-corrected chi connectivity index (χ2v) is 5.76. The molecule has 2 rings (SSSR count). The highest BCUT2D eigenvalue weighted by molar-refractivity contribution is 5.91.